The molecular formula is C24H28N2O4S. The Kier molecular flexibility index (Phi) is 6.65. The molecule has 0 saturated carbocycles. The molecule has 6 nitrogen and oxygen atoms in total. The van der Waals surface area contributed by atoms with Gasteiger partial charge in [-0.25, -0.2) is 8.42 Å². The molecule has 1 heterocycles. The highest BCUT2D eigenvalue weighted by Gasteiger charge is 2.21. The van der Waals surface area contributed by atoms with E-state index >= 15 is 0 Å². The molecule has 0 aliphatic heterocycles. The summed E-state index contributed by atoms with van der Waals surface area (Å²) < 4.78 is 31.3. The lowest BCUT2D eigenvalue weighted by Gasteiger charge is -2.11. The van der Waals surface area contributed by atoms with Crippen LogP contribution in [0, 0.1) is 20.8 Å². The van der Waals surface area contributed by atoms with Gasteiger partial charge in [0, 0.05) is 23.2 Å². The molecule has 0 spiro atoms. The molecule has 0 fully saturated rings. The first-order valence-electron chi connectivity index (χ1n) is 10.2. The second kappa shape index (κ2) is 9.06. The Bertz CT molecular complexity index is 1190. The van der Waals surface area contributed by atoms with Gasteiger partial charge in [0.1, 0.15) is 0 Å². The molecule has 2 aromatic carbocycles. The van der Waals surface area contributed by atoms with Crippen LogP contribution in [0.4, 0.5) is 5.69 Å². The lowest BCUT2D eigenvalue weighted by molar-refractivity contribution is -0.115. The summed E-state index contributed by atoms with van der Waals surface area (Å²) in [5.74, 6) is 0.341. The van der Waals surface area contributed by atoms with E-state index in [0.717, 1.165) is 11.3 Å². The van der Waals surface area contributed by atoms with Crippen LogP contribution in [0.2, 0.25) is 0 Å². The highest BCUT2D eigenvalue weighted by Crippen LogP contribution is 2.29. The normalized spacial score (nSPS) is 11.7. The number of amides is 1. The number of carbonyl (C=O) groups excluding carboxylic acids is 1. The summed E-state index contributed by atoms with van der Waals surface area (Å²) in [7, 11) is -3.66. The average Bonchev–Trinajstić information content (AvgIpc) is 3.06. The van der Waals surface area contributed by atoms with Crippen molar-refractivity contribution in [3.63, 3.8) is 0 Å². The first-order valence-corrected chi connectivity index (χ1v) is 11.9. The van der Waals surface area contributed by atoms with Crippen LogP contribution in [0.3, 0.4) is 0 Å². The van der Waals surface area contributed by atoms with E-state index < -0.39 is 9.84 Å². The number of hydrogen-bond donors (Lipinski definition) is 1. The predicted octanol–water partition coefficient (Wildman–Crippen LogP) is 5.19. The van der Waals surface area contributed by atoms with Crippen molar-refractivity contribution in [1.29, 1.82) is 0 Å². The number of aryl methyl sites for hydroxylation is 2. The summed E-state index contributed by atoms with van der Waals surface area (Å²) in [6.45, 7) is 9.66. The van der Waals surface area contributed by atoms with Crippen molar-refractivity contribution < 1.29 is 17.7 Å². The van der Waals surface area contributed by atoms with Gasteiger partial charge in [0.05, 0.1) is 16.3 Å². The third-order valence-corrected chi connectivity index (χ3v) is 7.25. The van der Waals surface area contributed by atoms with E-state index in [4.69, 9.17) is 4.52 Å². The first-order chi connectivity index (χ1) is 14.6. The maximum Gasteiger partial charge on any atom is 0.225 e. The fourth-order valence-electron chi connectivity index (χ4n) is 3.27. The summed E-state index contributed by atoms with van der Waals surface area (Å²) >= 11 is 0. The van der Waals surface area contributed by atoms with Crippen LogP contribution in [0.1, 0.15) is 48.6 Å². The molecule has 1 aromatic heterocycles. The summed E-state index contributed by atoms with van der Waals surface area (Å²) in [6.07, 6.45) is -0.127. The number of hydrogen-bond acceptors (Lipinski definition) is 5. The van der Waals surface area contributed by atoms with Crippen molar-refractivity contribution in [1.82, 2.24) is 5.16 Å². The van der Waals surface area contributed by atoms with Crippen LogP contribution in [0.5, 0.6) is 0 Å². The molecule has 0 aliphatic carbocycles. The van der Waals surface area contributed by atoms with Crippen LogP contribution >= 0.6 is 0 Å². The minimum Gasteiger partial charge on any atom is -0.356 e. The number of benzene rings is 2. The van der Waals surface area contributed by atoms with Gasteiger partial charge in [0.2, 0.25) is 5.91 Å². The SMILES string of the molecule is Cc1ccc(-c2onc(C)c2C)cc1S(=O)(=O)CCC(=O)Nc1ccc(C(C)C)cc1. The smallest absolute Gasteiger partial charge is 0.225 e. The fraction of sp³-hybridized carbons (Fsp3) is 0.333. The molecule has 7 heteroatoms. The largest absolute Gasteiger partial charge is 0.356 e. The van der Waals surface area contributed by atoms with E-state index in [0.29, 0.717) is 28.5 Å². The van der Waals surface area contributed by atoms with Crippen LogP contribution in [0.25, 0.3) is 11.3 Å². The number of nitrogens with one attached hydrogen (secondary N) is 1. The third kappa shape index (κ3) is 5.22. The van der Waals surface area contributed by atoms with Crippen LogP contribution in [-0.4, -0.2) is 25.2 Å². The Labute approximate surface area is 183 Å². The average molecular weight is 441 g/mol. The predicted molar refractivity (Wildman–Crippen MR) is 122 cm³/mol. The van der Waals surface area contributed by atoms with E-state index in [1.165, 1.54) is 5.56 Å². The van der Waals surface area contributed by atoms with Crippen molar-refractivity contribution in [2.24, 2.45) is 0 Å². The van der Waals surface area contributed by atoms with Gasteiger partial charge in [-0.05, 0) is 56.0 Å². The van der Waals surface area contributed by atoms with Gasteiger partial charge in [-0.3, -0.25) is 4.79 Å². The molecule has 3 aromatic rings. The Hall–Kier alpha value is -2.93. The monoisotopic (exact) mass is 440 g/mol. The van der Waals surface area contributed by atoms with Gasteiger partial charge in [-0.15, -0.1) is 0 Å². The van der Waals surface area contributed by atoms with E-state index in [2.05, 4.69) is 24.3 Å². The topological polar surface area (TPSA) is 89.3 Å². The Morgan fingerprint density at radius 3 is 2.32 bits per heavy atom. The van der Waals surface area contributed by atoms with Gasteiger partial charge in [-0.2, -0.15) is 0 Å². The second-order valence-electron chi connectivity index (χ2n) is 8.10. The summed E-state index contributed by atoms with van der Waals surface area (Å²) in [6, 6.07) is 12.7. The summed E-state index contributed by atoms with van der Waals surface area (Å²) in [5, 5.41) is 6.71. The molecule has 0 atom stereocenters. The molecule has 0 aliphatic rings. The van der Waals surface area contributed by atoms with E-state index in [1.807, 2.05) is 44.2 Å². The molecule has 0 unspecified atom stereocenters. The third-order valence-electron chi connectivity index (χ3n) is 5.40. The zero-order valence-corrected chi connectivity index (χ0v) is 19.3. The second-order valence-corrected chi connectivity index (χ2v) is 10.2. The van der Waals surface area contributed by atoms with Gasteiger partial charge in [0.25, 0.3) is 0 Å². The van der Waals surface area contributed by atoms with E-state index in [-0.39, 0.29) is 23.0 Å². The number of carbonyl (C=O) groups is 1. The first kappa shape index (κ1) is 22.7. The minimum absolute atomic E-state index is 0.127. The highest BCUT2D eigenvalue weighted by atomic mass is 32.2. The molecule has 0 radical (unpaired) electrons. The molecule has 0 bridgehead atoms. The lowest BCUT2D eigenvalue weighted by Crippen LogP contribution is -2.18. The molecule has 164 valence electrons. The molecule has 3 rings (SSSR count). The molecule has 31 heavy (non-hydrogen) atoms. The molecule has 1 N–H and O–H groups in total. The quantitative estimate of drug-likeness (QED) is 0.546. The number of nitrogens with zero attached hydrogens (tertiary/aromatic N) is 1. The number of anilines is 1. The Morgan fingerprint density at radius 2 is 1.74 bits per heavy atom. The number of aromatic nitrogens is 1. The van der Waals surface area contributed by atoms with Crippen molar-refractivity contribution in [3.8, 4) is 11.3 Å². The number of sulfone groups is 1. The van der Waals surface area contributed by atoms with Crippen molar-refractivity contribution in [3.05, 3.63) is 64.8 Å². The summed E-state index contributed by atoms with van der Waals surface area (Å²) in [5.41, 5.74) is 4.74. The molecule has 1 amide bonds. The molecule has 0 saturated heterocycles. The van der Waals surface area contributed by atoms with Gasteiger partial charge < -0.3 is 9.84 Å². The van der Waals surface area contributed by atoms with Gasteiger partial charge >= 0.3 is 0 Å². The zero-order chi connectivity index (χ0) is 22.8. The van der Waals surface area contributed by atoms with Crippen molar-refractivity contribution in [2.45, 2.75) is 51.9 Å². The number of rotatable bonds is 7. The Morgan fingerprint density at radius 1 is 1.06 bits per heavy atom. The minimum atomic E-state index is -3.66. The molecular weight excluding hydrogens is 412 g/mol. The highest BCUT2D eigenvalue weighted by molar-refractivity contribution is 7.91. The fourth-order valence-corrected chi connectivity index (χ4v) is 4.81. The van der Waals surface area contributed by atoms with Gasteiger partial charge in [0.15, 0.2) is 15.6 Å². The Balaban J connectivity index is 1.72. The van der Waals surface area contributed by atoms with Crippen molar-refractivity contribution >= 4 is 21.4 Å². The van der Waals surface area contributed by atoms with E-state index in [9.17, 15) is 13.2 Å². The van der Waals surface area contributed by atoms with Crippen LogP contribution < -0.4 is 5.32 Å². The maximum absolute atomic E-state index is 13.0. The standard InChI is InChI=1S/C24H28N2O4S/c1-15(2)19-8-10-21(11-9-19)25-23(27)12-13-31(28,29)22-14-20(7-6-16(22)3)24-17(4)18(5)26-30-24/h6-11,14-15H,12-13H2,1-5H3,(H,25,27). The van der Waals surface area contributed by atoms with E-state index in [1.54, 1.807) is 19.1 Å². The lowest BCUT2D eigenvalue weighted by atomic mass is 10.0. The van der Waals surface area contributed by atoms with Crippen LogP contribution in [-0.2, 0) is 14.6 Å². The maximum atomic E-state index is 13.0. The zero-order valence-electron chi connectivity index (χ0n) is 18.5. The summed E-state index contributed by atoms with van der Waals surface area (Å²) in [4.78, 5) is 12.5. The van der Waals surface area contributed by atoms with Crippen LogP contribution in [0.15, 0.2) is 51.9 Å². The van der Waals surface area contributed by atoms with Crippen molar-refractivity contribution in [2.75, 3.05) is 11.1 Å². The van der Waals surface area contributed by atoms with Gasteiger partial charge in [-0.1, -0.05) is 43.3 Å².